The molecule has 0 atom stereocenters. The van der Waals surface area contributed by atoms with Crippen molar-refractivity contribution in [2.75, 3.05) is 31.1 Å². The lowest BCUT2D eigenvalue weighted by Crippen LogP contribution is -2.46. The van der Waals surface area contributed by atoms with E-state index in [4.69, 9.17) is 5.21 Å². The molecule has 1 aliphatic rings. The Kier molecular flexibility index (Phi) is 3.76. The van der Waals surface area contributed by atoms with Gasteiger partial charge in [-0.3, -0.25) is 4.79 Å². The molecule has 0 aromatic carbocycles. The summed E-state index contributed by atoms with van der Waals surface area (Å²) in [6.45, 7) is 5.01. The number of pyridine rings is 1. The number of hydrogen-bond donors (Lipinski definition) is 1. The molecular weight excluding hydrogens is 232 g/mol. The van der Waals surface area contributed by atoms with Gasteiger partial charge in [0.15, 0.2) is 0 Å². The maximum Gasteiger partial charge on any atom is 0.209 e. The summed E-state index contributed by atoms with van der Waals surface area (Å²) in [4.78, 5) is 19.0. The van der Waals surface area contributed by atoms with E-state index in [-0.39, 0.29) is 0 Å². The molecule has 0 unspecified atom stereocenters. The van der Waals surface area contributed by atoms with Gasteiger partial charge in [0, 0.05) is 37.9 Å². The van der Waals surface area contributed by atoms with E-state index in [2.05, 4.69) is 15.0 Å². The molecule has 1 aromatic rings. The van der Waals surface area contributed by atoms with Gasteiger partial charge < -0.3 is 15.0 Å². The molecule has 1 amide bonds. The van der Waals surface area contributed by atoms with Crippen LogP contribution in [0.25, 0.3) is 0 Å². The van der Waals surface area contributed by atoms with Crippen molar-refractivity contribution in [2.45, 2.75) is 6.92 Å². The van der Waals surface area contributed by atoms with E-state index in [0.717, 1.165) is 49.5 Å². The summed E-state index contributed by atoms with van der Waals surface area (Å²) in [5, 5.41) is 11.5. The van der Waals surface area contributed by atoms with Gasteiger partial charge in [0.1, 0.15) is 5.82 Å². The molecule has 1 fully saturated rings. The van der Waals surface area contributed by atoms with Crippen LogP contribution in [0.1, 0.15) is 11.1 Å². The van der Waals surface area contributed by atoms with Crippen LogP contribution in [-0.4, -0.2) is 53.9 Å². The van der Waals surface area contributed by atoms with E-state index in [1.165, 1.54) is 6.21 Å². The number of anilines is 1. The molecular formula is C12H16N4O2. The van der Waals surface area contributed by atoms with Crippen LogP contribution in [-0.2, 0) is 4.79 Å². The van der Waals surface area contributed by atoms with E-state index >= 15 is 0 Å². The minimum absolute atomic E-state index is 0.727. The zero-order valence-electron chi connectivity index (χ0n) is 10.3. The zero-order chi connectivity index (χ0) is 13.0. The van der Waals surface area contributed by atoms with Crippen molar-refractivity contribution in [3.63, 3.8) is 0 Å². The van der Waals surface area contributed by atoms with E-state index in [1.807, 2.05) is 13.0 Å². The molecule has 1 saturated heterocycles. The van der Waals surface area contributed by atoms with Crippen LogP contribution in [0.4, 0.5) is 5.82 Å². The Morgan fingerprint density at radius 1 is 1.39 bits per heavy atom. The Morgan fingerprint density at radius 3 is 2.67 bits per heavy atom. The third-order valence-corrected chi connectivity index (χ3v) is 3.04. The number of piperazine rings is 1. The van der Waals surface area contributed by atoms with Crippen LogP contribution in [0.3, 0.4) is 0 Å². The Balaban J connectivity index is 2.12. The molecule has 2 heterocycles. The molecule has 0 radical (unpaired) electrons. The highest BCUT2D eigenvalue weighted by molar-refractivity contribution is 5.79. The molecule has 18 heavy (non-hydrogen) atoms. The van der Waals surface area contributed by atoms with Gasteiger partial charge in [0.2, 0.25) is 6.41 Å². The predicted octanol–water partition coefficient (Wildman–Crippen LogP) is 0.477. The predicted molar refractivity (Wildman–Crippen MR) is 68.2 cm³/mol. The SMILES string of the molecule is Cc1cc(/C=N\O)cnc1N1CCN(C=O)CC1. The smallest absolute Gasteiger partial charge is 0.209 e. The quantitative estimate of drug-likeness (QED) is 0.365. The fourth-order valence-electron chi connectivity index (χ4n) is 2.10. The van der Waals surface area contributed by atoms with Crippen molar-refractivity contribution in [3.05, 3.63) is 23.4 Å². The number of aryl methyl sites for hydroxylation is 1. The van der Waals surface area contributed by atoms with Gasteiger partial charge in [-0.05, 0) is 18.6 Å². The van der Waals surface area contributed by atoms with Gasteiger partial charge in [-0.15, -0.1) is 0 Å². The standard InChI is InChI=1S/C12H16N4O2/c1-10-6-11(8-14-18)7-13-12(10)16-4-2-15(9-17)3-5-16/h6-9,18H,2-5H2,1H3/b14-8-. The maximum atomic E-state index is 10.6. The van der Waals surface area contributed by atoms with Gasteiger partial charge in [-0.25, -0.2) is 4.98 Å². The number of rotatable bonds is 3. The van der Waals surface area contributed by atoms with Crippen molar-refractivity contribution >= 4 is 18.4 Å². The summed E-state index contributed by atoms with van der Waals surface area (Å²) in [6.07, 6.45) is 3.92. The van der Waals surface area contributed by atoms with Crippen LogP contribution >= 0.6 is 0 Å². The first-order chi connectivity index (χ1) is 8.74. The third-order valence-electron chi connectivity index (χ3n) is 3.04. The molecule has 1 aliphatic heterocycles. The van der Waals surface area contributed by atoms with Crippen molar-refractivity contribution < 1.29 is 10.0 Å². The maximum absolute atomic E-state index is 10.6. The zero-order valence-corrected chi connectivity index (χ0v) is 10.3. The summed E-state index contributed by atoms with van der Waals surface area (Å²) in [7, 11) is 0. The van der Waals surface area contributed by atoms with Crippen molar-refractivity contribution in [1.82, 2.24) is 9.88 Å². The van der Waals surface area contributed by atoms with E-state index in [9.17, 15) is 4.79 Å². The molecule has 2 rings (SSSR count). The number of carbonyl (C=O) groups excluding carboxylic acids is 1. The van der Waals surface area contributed by atoms with Gasteiger partial charge in [0.25, 0.3) is 0 Å². The Morgan fingerprint density at radius 2 is 2.11 bits per heavy atom. The summed E-state index contributed by atoms with van der Waals surface area (Å²) >= 11 is 0. The molecule has 96 valence electrons. The minimum atomic E-state index is 0.727. The molecule has 6 heteroatoms. The topological polar surface area (TPSA) is 69.0 Å². The van der Waals surface area contributed by atoms with Gasteiger partial charge >= 0.3 is 0 Å². The van der Waals surface area contributed by atoms with Crippen molar-refractivity contribution in [1.29, 1.82) is 0 Å². The third kappa shape index (κ3) is 2.58. The number of carbonyl (C=O) groups is 1. The number of oxime groups is 1. The molecule has 1 N–H and O–H groups in total. The number of nitrogens with zero attached hydrogens (tertiary/aromatic N) is 4. The fourth-order valence-corrected chi connectivity index (χ4v) is 2.10. The van der Waals surface area contributed by atoms with Crippen molar-refractivity contribution in [3.8, 4) is 0 Å². The van der Waals surface area contributed by atoms with Crippen molar-refractivity contribution in [2.24, 2.45) is 5.16 Å². The summed E-state index contributed by atoms with van der Waals surface area (Å²) in [6, 6.07) is 1.92. The lowest BCUT2D eigenvalue weighted by Gasteiger charge is -2.34. The number of aromatic nitrogens is 1. The molecule has 0 bridgehead atoms. The highest BCUT2D eigenvalue weighted by Gasteiger charge is 2.18. The molecule has 0 aliphatic carbocycles. The number of hydrogen-bond acceptors (Lipinski definition) is 5. The monoisotopic (exact) mass is 248 g/mol. The van der Waals surface area contributed by atoms with Crippen LogP contribution < -0.4 is 4.90 Å². The van der Waals surface area contributed by atoms with E-state index < -0.39 is 0 Å². The minimum Gasteiger partial charge on any atom is -0.411 e. The lowest BCUT2D eigenvalue weighted by atomic mass is 10.2. The Hall–Kier alpha value is -2.11. The van der Waals surface area contributed by atoms with Crippen LogP contribution in [0.15, 0.2) is 17.4 Å². The summed E-state index contributed by atoms with van der Waals surface area (Å²) < 4.78 is 0. The number of amides is 1. The normalized spacial score (nSPS) is 16.3. The second-order valence-electron chi connectivity index (χ2n) is 4.28. The first-order valence-electron chi connectivity index (χ1n) is 5.83. The van der Waals surface area contributed by atoms with Crippen LogP contribution in [0.5, 0.6) is 0 Å². The molecule has 0 saturated carbocycles. The largest absolute Gasteiger partial charge is 0.411 e. The second kappa shape index (κ2) is 5.48. The molecule has 0 spiro atoms. The first kappa shape index (κ1) is 12.3. The average Bonchev–Trinajstić information content (AvgIpc) is 2.40. The fraction of sp³-hybridized carbons (Fsp3) is 0.417. The second-order valence-corrected chi connectivity index (χ2v) is 4.28. The Labute approximate surface area is 106 Å². The van der Waals surface area contributed by atoms with Gasteiger partial charge in [-0.2, -0.15) is 0 Å². The van der Waals surface area contributed by atoms with E-state index in [0.29, 0.717) is 0 Å². The van der Waals surface area contributed by atoms with Crippen LogP contribution in [0.2, 0.25) is 0 Å². The van der Waals surface area contributed by atoms with E-state index in [1.54, 1.807) is 11.1 Å². The first-order valence-corrected chi connectivity index (χ1v) is 5.83. The average molecular weight is 248 g/mol. The molecule has 1 aromatic heterocycles. The molecule has 6 nitrogen and oxygen atoms in total. The highest BCUT2D eigenvalue weighted by Crippen LogP contribution is 2.18. The lowest BCUT2D eigenvalue weighted by molar-refractivity contribution is -0.118. The van der Waals surface area contributed by atoms with Gasteiger partial charge in [0.05, 0.1) is 6.21 Å². The van der Waals surface area contributed by atoms with Crippen LogP contribution in [0, 0.1) is 6.92 Å². The van der Waals surface area contributed by atoms with Gasteiger partial charge in [-0.1, -0.05) is 5.16 Å². The summed E-state index contributed by atoms with van der Waals surface area (Å²) in [5.74, 6) is 0.927. The highest BCUT2D eigenvalue weighted by atomic mass is 16.4. The summed E-state index contributed by atoms with van der Waals surface area (Å²) in [5.41, 5.74) is 1.80. The Bertz CT molecular complexity index is 453.